The Kier molecular flexibility index (Phi) is 3.96. The van der Waals surface area contributed by atoms with Gasteiger partial charge in [-0.1, -0.05) is 27.5 Å². The summed E-state index contributed by atoms with van der Waals surface area (Å²) in [5.41, 5.74) is 0.565. The zero-order valence-electron chi connectivity index (χ0n) is 11.4. The minimum Gasteiger partial charge on any atom is -0.323 e. The first-order valence-corrected chi connectivity index (χ1v) is 8.78. The van der Waals surface area contributed by atoms with Gasteiger partial charge in [0.1, 0.15) is 6.04 Å². The highest BCUT2D eigenvalue weighted by atomic mass is 79.9. The Bertz CT molecular complexity index is 627. The van der Waals surface area contributed by atoms with Crippen molar-refractivity contribution in [3.63, 3.8) is 0 Å². The second-order valence-electron chi connectivity index (χ2n) is 5.38. The van der Waals surface area contributed by atoms with Crippen LogP contribution in [0.5, 0.6) is 0 Å². The predicted octanol–water partition coefficient (Wildman–Crippen LogP) is 3.50. The van der Waals surface area contributed by atoms with Gasteiger partial charge in [0, 0.05) is 16.6 Å². The number of carbonyl (C=O) groups is 2. The molecule has 2 fully saturated rings. The second kappa shape index (κ2) is 5.48. The molecule has 2 amide bonds. The van der Waals surface area contributed by atoms with Crippen molar-refractivity contribution < 1.29 is 9.59 Å². The standard InChI is InChI=1S/C14H14BrClN2O2S/c1-14-5-4-12(19)18(14)11(7-21-14)13(20)17-10-3-2-8(15)6-9(10)16/h2-3,6,11H,4-5,7H2,1H3,(H,17,20)/t11-,14+/m0/s1. The van der Waals surface area contributed by atoms with E-state index in [1.54, 1.807) is 28.8 Å². The fourth-order valence-electron chi connectivity index (χ4n) is 2.82. The van der Waals surface area contributed by atoms with Gasteiger partial charge < -0.3 is 10.2 Å². The second-order valence-corrected chi connectivity index (χ2v) is 8.20. The van der Waals surface area contributed by atoms with Gasteiger partial charge in [-0.25, -0.2) is 0 Å². The van der Waals surface area contributed by atoms with E-state index in [1.165, 1.54) is 0 Å². The Hall–Kier alpha value is -0.720. The zero-order chi connectivity index (χ0) is 15.2. The smallest absolute Gasteiger partial charge is 0.248 e. The maximum atomic E-state index is 12.5. The summed E-state index contributed by atoms with van der Waals surface area (Å²) in [6.45, 7) is 2.03. The number of hydrogen-bond acceptors (Lipinski definition) is 3. The van der Waals surface area contributed by atoms with Crippen molar-refractivity contribution in [1.82, 2.24) is 4.90 Å². The van der Waals surface area contributed by atoms with Crippen molar-refractivity contribution in [2.24, 2.45) is 0 Å². The van der Waals surface area contributed by atoms with E-state index in [1.807, 2.05) is 13.0 Å². The number of amides is 2. The number of fused-ring (bicyclic) bond motifs is 1. The van der Waals surface area contributed by atoms with Gasteiger partial charge in [0.15, 0.2) is 0 Å². The topological polar surface area (TPSA) is 49.4 Å². The van der Waals surface area contributed by atoms with Crippen LogP contribution in [-0.2, 0) is 9.59 Å². The molecule has 4 nitrogen and oxygen atoms in total. The van der Waals surface area contributed by atoms with Crippen LogP contribution in [0, 0.1) is 0 Å². The van der Waals surface area contributed by atoms with Crippen LogP contribution in [0.3, 0.4) is 0 Å². The molecular weight excluding hydrogens is 376 g/mol. The Balaban J connectivity index is 1.78. The third-order valence-electron chi connectivity index (χ3n) is 3.94. The summed E-state index contributed by atoms with van der Waals surface area (Å²) >= 11 is 11.1. The fraction of sp³-hybridized carbons (Fsp3) is 0.429. The lowest BCUT2D eigenvalue weighted by Gasteiger charge is -2.29. The molecule has 0 unspecified atom stereocenters. The third-order valence-corrected chi connectivity index (χ3v) is 6.25. The Morgan fingerprint density at radius 2 is 2.33 bits per heavy atom. The minimum atomic E-state index is -0.422. The molecule has 1 aromatic carbocycles. The Morgan fingerprint density at radius 1 is 1.57 bits per heavy atom. The Labute approximate surface area is 140 Å². The molecule has 0 radical (unpaired) electrons. The molecule has 1 N–H and O–H groups in total. The van der Waals surface area contributed by atoms with Crippen LogP contribution in [0.2, 0.25) is 5.02 Å². The summed E-state index contributed by atoms with van der Waals surface area (Å²) in [7, 11) is 0. The van der Waals surface area contributed by atoms with Gasteiger partial charge in [-0.2, -0.15) is 0 Å². The van der Waals surface area contributed by atoms with E-state index in [9.17, 15) is 9.59 Å². The lowest BCUT2D eigenvalue weighted by Crippen LogP contribution is -2.48. The van der Waals surface area contributed by atoms with Crippen LogP contribution < -0.4 is 5.32 Å². The number of hydrogen-bond donors (Lipinski definition) is 1. The van der Waals surface area contributed by atoms with E-state index in [0.717, 1.165) is 10.9 Å². The van der Waals surface area contributed by atoms with Crippen molar-refractivity contribution in [3.05, 3.63) is 27.7 Å². The van der Waals surface area contributed by atoms with Crippen molar-refractivity contribution in [1.29, 1.82) is 0 Å². The molecule has 2 aliphatic heterocycles. The Morgan fingerprint density at radius 3 is 3.05 bits per heavy atom. The van der Waals surface area contributed by atoms with Gasteiger partial charge >= 0.3 is 0 Å². The monoisotopic (exact) mass is 388 g/mol. The van der Waals surface area contributed by atoms with Crippen molar-refractivity contribution in [2.75, 3.05) is 11.1 Å². The summed E-state index contributed by atoms with van der Waals surface area (Å²) in [5.74, 6) is 0.512. The van der Waals surface area contributed by atoms with Gasteiger partial charge in [0.25, 0.3) is 0 Å². The van der Waals surface area contributed by atoms with E-state index < -0.39 is 6.04 Å². The number of halogens is 2. The molecule has 2 aliphatic rings. The van der Waals surface area contributed by atoms with Gasteiger partial charge in [-0.15, -0.1) is 11.8 Å². The maximum absolute atomic E-state index is 12.5. The third kappa shape index (κ3) is 2.69. The highest BCUT2D eigenvalue weighted by Gasteiger charge is 2.52. The number of nitrogens with one attached hydrogen (secondary N) is 1. The van der Waals surface area contributed by atoms with Gasteiger partial charge in [0.2, 0.25) is 11.8 Å². The number of benzene rings is 1. The predicted molar refractivity (Wildman–Crippen MR) is 88.5 cm³/mol. The van der Waals surface area contributed by atoms with Gasteiger partial charge in [0.05, 0.1) is 15.6 Å². The highest BCUT2D eigenvalue weighted by molar-refractivity contribution is 9.10. The molecule has 2 atom stereocenters. The van der Waals surface area contributed by atoms with Crippen LogP contribution in [-0.4, -0.2) is 33.4 Å². The molecule has 0 aliphatic carbocycles. The largest absolute Gasteiger partial charge is 0.323 e. The average Bonchev–Trinajstić information content (AvgIpc) is 2.90. The molecule has 7 heteroatoms. The van der Waals surface area contributed by atoms with E-state index in [-0.39, 0.29) is 16.7 Å². The number of anilines is 1. The van der Waals surface area contributed by atoms with E-state index in [2.05, 4.69) is 21.2 Å². The van der Waals surface area contributed by atoms with Crippen LogP contribution in [0.15, 0.2) is 22.7 Å². The molecule has 21 heavy (non-hydrogen) atoms. The summed E-state index contributed by atoms with van der Waals surface area (Å²) in [4.78, 5) is 26.0. The van der Waals surface area contributed by atoms with Crippen molar-refractivity contribution in [3.8, 4) is 0 Å². The average molecular weight is 390 g/mol. The zero-order valence-corrected chi connectivity index (χ0v) is 14.5. The molecule has 1 aromatic rings. The highest BCUT2D eigenvalue weighted by Crippen LogP contribution is 2.47. The molecule has 2 heterocycles. The summed E-state index contributed by atoms with van der Waals surface area (Å²) in [6.07, 6.45) is 1.33. The number of nitrogens with zero attached hydrogens (tertiary/aromatic N) is 1. The first-order valence-electron chi connectivity index (χ1n) is 6.63. The van der Waals surface area contributed by atoms with E-state index in [0.29, 0.717) is 22.9 Å². The molecule has 2 saturated heterocycles. The maximum Gasteiger partial charge on any atom is 0.248 e. The van der Waals surface area contributed by atoms with Crippen LogP contribution in [0.25, 0.3) is 0 Å². The first-order chi connectivity index (χ1) is 9.90. The fourth-order valence-corrected chi connectivity index (χ4v) is 4.97. The summed E-state index contributed by atoms with van der Waals surface area (Å²) in [6, 6.07) is 4.87. The van der Waals surface area contributed by atoms with Gasteiger partial charge in [-0.3, -0.25) is 9.59 Å². The number of thioether (sulfide) groups is 1. The van der Waals surface area contributed by atoms with E-state index >= 15 is 0 Å². The molecule has 0 bridgehead atoms. The molecule has 3 rings (SSSR count). The number of carbonyl (C=O) groups excluding carboxylic acids is 2. The SMILES string of the molecule is C[C@@]12CCC(=O)N1[C@H](C(=O)Nc1ccc(Br)cc1Cl)CS2. The van der Waals surface area contributed by atoms with Crippen molar-refractivity contribution >= 4 is 56.8 Å². The lowest BCUT2D eigenvalue weighted by molar-refractivity contribution is -0.135. The molecule has 0 spiro atoms. The van der Waals surface area contributed by atoms with Crippen LogP contribution >= 0.6 is 39.3 Å². The lowest BCUT2D eigenvalue weighted by atomic mass is 10.2. The van der Waals surface area contributed by atoms with E-state index in [4.69, 9.17) is 11.6 Å². The summed E-state index contributed by atoms with van der Waals surface area (Å²) in [5, 5.41) is 3.30. The van der Waals surface area contributed by atoms with Crippen molar-refractivity contribution in [2.45, 2.75) is 30.7 Å². The van der Waals surface area contributed by atoms with Crippen LogP contribution in [0.4, 0.5) is 5.69 Å². The van der Waals surface area contributed by atoms with Gasteiger partial charge in [-0.05, 0) is 31.5 Å². The first kappa shape index (κ1) is 15.2. The normalized spacial score (nSPS) is 27.9. The van der Waals surface area contributed by atoms with Crippen LogP contribution in [0.1, 0.15) is 19.8 Å². The molecule has 0 saturated carbocycles. The quantitative estimate of drug-likeness (QED) is 0.842. The number of rotatable bonds is 2. The molecule has 0 aromatic heterocycles. The molecule has 112 valence electrons. The summed E-state index contributed by atoms with van der Waals surface area (Å²) < 4.78 is 0.851. The molecular formula is C14H14BrClN2O2S. The minimum absolute atomic E-state index is 0.0598.